The van der Waals surface area contributed by atoms with Crippen molar-refractivity contribution < 1.29 is 14.7 Å². The van der Waals surface area contributed by atoms with E-state index < -0.39 is 11.5 Å². The molecule has 1 aliphatic carbocycles. The van der Waals surface area contributed by atoms with Crippen LogP contribution >= 0.6 is 0 Å². The monoisotopic (exact) mass is 293 g/mol. The number of amides is 1. The smallest absolute Gasteiger partial charge is 0.329 e. The number of aromatic nitrogens is 2. The first-order valence-corrected chi connectivity index (χ1v) is 7.55. The summed E-state index contributed by atoms with van der Waals surface area (Å²) >= 11 is 0. The lowest BCUT2D eigenvalue weighted by Crippen LogP contribution is -2.54. The molecule has 116 valence electrons. The van der Waals surface area contributed by atoms with Crippen molar-refractivity contribution in [3.63, 3.8) is 0 Å². The molecule has 0 radical (unpaired) electrons. The Labute approximate surface area is 124 Å². The van der Waals surface area contributed by atoms with Crippen LogP contribution in [0.1, 0.15) is 50.6 Å². The van der Waals surface area contributed by atoms with E-state index in [4.69, 9.17) is 0 Å². The van der Waals surface area contributed by atoms with Crippen LogP contribution in [0.2, 0.25) is 0 Å². The maximum atomic E-state index is 12.1. The average molecular weight is 293 g/mol. The molecule has 0 spiro atoms. The second kappa shape index (κ2) is 6.74. The van der Waals surface area contributed by atoms with Gasteiger partial charge in [-0.2, -0.15) is 5.10 Å². The highest BCUT2D eigenvalue weighted by atomic mass is 16.4. The van der Waals surface area contributed by atoms with Gasteiger partial charge in [0, 0.05) is 25.4 Å². The van der Waals surface area contributed by atoms with E-state index in [1.165, 1.54) is 0 Å². The summed E-state index contributed by atoms with van der Waals surface area (Å²) < 4.78 is 1.73. The Hall–Kier alpha value is -1.85. The predicted molar refractivity (Wildman–Crippen MR) is 77.7 cm³/mol. The van der Waals surface area contributed by atoms with E-state index in [2.05, 4.69) is 10.4 Å². The number of hydrogen-bond donors (Lipinski definition) is 2. The van der Waals surface area contributed by atoms with Crippen molar-refractivity contribution in [2.45, 2.75) is 56.9 Å². The van der Waals surface area contributed by atoms with Crippen molar-refractivity contribution in [3.8, 4) is 0 Å². The highest BCUT2D eigenvalue weighted by Gasteiger charge is 2.39. The zero-order valence-electron chi connectivity index (χ0n) is 12.5. The van der Waals surface area contributed by atoms with Gasteiger partial charge in [-0.05, 0) is 25.3 Å². The zero-order valence-corrected chi connectivity index (χ0v) is 12.5. The van der Waals surface area contributed by atoms with Crippen LogP contribution in [-0.2, 0) is 23.1 Å². The van der Waals surface area contributed by atoms with Gasteiger partial charge in [0.25, 0.3) is 0 Å². The third-order valence-corrected chi connectivity index (χ3v) is 4.28. The second-order valence-electron chi connectivity index (χ2n) is 5.80. The molecular formula is C15H23N3O3. The fourth-order valence-electron chi connectivity index (χ4n) is 2.94. The molecule has 1 fully saturated rings. The number of nitrogens with zero attached hydrogens (tertiary/aromatic N) is 2. The molecule has 1 aromatic rings. The van der Waals surface area contributed by atoms with Crippen LogP contribution in [0.3, 0.4) is 0 Å². The van der Waals surface area contributed by atoms with E-state index in [0.29, 0.717) is 19.3 Å². The second-order valence-corrected chi connectivity index (χ2v) is 5.80. The van der Waals surface area contributed by atoms with Crippen LogP contribution in [0, 0.1) is 0 Å². The minimum Gasteiger partial charge on any atom is -0.480 e. The molecule has 1 aliphatic rings. The molecule has 0 bridgehead atoms. The highest BCUT2D eigenvalue weighted by Crippen LogP contribution is 2.27. The minimum absolute atomic E-state index is 0.194. The minimum atomic E-state index is -1.07. The Morgan fingerprint density at radius 2 is 2.00 bits per heavy atom. The van der Waals surface area contributed by atoms with Crippen LogP contribution in [0.25, 0.3) is 0 Å². The summed E-state index contributed by atoms with van der Waals surface area (Å²) in [6.45, 7) is 0. The Bertz CT molecular complexity index is 502. The van der Waals surface area contributed by atoms with Crippen molar-refractivity contribution in [2.24, 2.45) is 7.05 Å². The van der Waals surface area contributed by atoms with Gasteiger partial charge < -0.3 is 10.4 Å². The highest BCUT2D eigenvalue weighted by molar-refractivity contribution is 5.87. The van der Waals surface area contributed by atoms with E-state index in [9.17, 15) is 14.7 Å². The summed E-state index contributed by atoms with van der Waals surface area (Å²) in [6.07, 6.45) is 7.39. The van der Waals surface area contributed by atoms with Crippen LogP contribution in [0.15, 0.2) is 12.3 Å². The fraction of sp³-hybridized carbons (Fsp3) is 0.667. The van der Waals surface area contributed by atoms with E-state index in [1.807, 2.05) is 13.1 Å². The molecule has 1 aromatic heterocycles. The molecule has 0 aromatic carbocycles. The number of nitrogens with one attached hydrogen (secondary N) is 1. The maximum absolute atomic E-state index is 12.1. The fourth-order valence-corrected chi connectivity index (χ4v) is 2.94. The molecule has 1 saturated carbocycles. The summed E-state index contributed by atoms with van der Waals surface area (Å²) in [7, 11) is 1.83. The van der Waals surface area contributed by atoms with Crippen LogP contribution in [-0.4, -0.2) is 32.3 Å². The summed E-state index contributed by atoms with van der Waals surface area (Å²) in [5.74, 6) is -1.10. The SMILES string of the molecule is Cn1nccc1CCC(=O)NC1(C(=O)O)CCCCCC1. The Morgan fingerprint density at radius 3 is 2.52 bits per heavy atom. The number of carboxylic acids is 1. The van der Waals surface area contributed by atoms with Gasteiger partial charge in [-0.15, -0.1) is 0 Å². The standard InChI is InChI=1S/C15H23N3O3/c1-18-12(8-11-16-18)6-7-13(19)17-15(14(20)21)9-4-2-3-5-10-15/h8,11H,2-7,9-10H2,1H3,(H,17,19)(H,20,21). The Morgan fingerprint density at radius 1 is 1.33 bits per heavy atom. The summed E-state index contributed by atoms with van der Waals surface area (Å²) in [6, 6.07) is 1.87. The quantitative estimate of drug-likeness (QED) is 0.808. The van der Waals surface area contributed by atoms with Gasteiger partial charge in [-0.25, -0.2) is 4.79 Å². The predicted octanol–water partition coefficient (Wildman–Crippen LogP) is 1.65. The Balaban J connectivity index is 1.95. The van der Waals surface area contributed by atoms with Crippen LogP contribution in [0.4, 0.5) is 0 Å². The number of carboxylic acid groups (broad SMARTS) is 1. The third kappa shape index (κ3) is 3.83. The molecule has 0 unspecified atom stereocenters. The summed E-state index contributed by atoms with van der Waals surface area (Å²) in [4.78, 5) is 23.8. The van der Waals surface area contributed by atoms with Gasteiger partial charge in [-0.3, -0.25) is 9.48 Å². The molecule has 2 rings (SSSR count). The summed E-state index contributed by atoms with van der Waals surface area (Å²) in [5.41, 5.74) is -0.101. The van der Waals surface area contributed by atoms with Gasteiger partial charge >= 0.3 is 5.97 Å². The van der Waals surface area contributed by atoms with Crippen molar-refractivity contribution in [2.75, 3.05) is 0 Å². The number of aryl methyl sites for hydroxylation is 2. The van der Waals surface area contributed by atoms with E-state index in [1.54, 1.807) is 10.9 Å². The van der Waals surface area contributed by atoms with Gasteiger partial charge in [0.05, 0.1) is 0 Å². The summed E-state index contributed by atoms with van der Waals surface area (Å²) in [5, 5.41) is 16.4. The molecule has 2 N–H and O–H groups in total. The molecular weight excluding hydrogens is 270 g/mol. The van der Waals surface area contributed by atoms with E-state index >= 15 is 0 Å². The van der Waals surface area contributed by atoms with E-state index in [0.717, 1.165) is 31.4 Å². The average Bonchev–Trinajstić information content (AvgIpc) is 2.70. The van der Waals surface area contributed by atoms with Gasteiger partial charge in [0.15, 0.2) is 0 Å². The van der Waals surface area contributed by atoms with E-state index in [-0.39, 0.29) is 12.3 Å². The molecule has 0 atom stereocenters. The van der Waals surface area contributed by atoms with Crippen molar-refractivity contribution in [3.05, 3.63) is 18.0 Å². The van der Waals surface area contributed by atoms with Crippen molar-refractivity contribution >= 4 is 11.9 Å². The molecule has 6 nitrogen and oxygen atoms in total. The van der Waals surface area contributed by atoms with Gasteiger partial charge in [0.1, 0.15) is 5.54 Å². The molecule has 6 heteroatoms. The lowest BCUT2D eigenvalue weighted by molar-refractivity contribution is -0.148. The lowest BCUT2D eigenvalue weighted by Gasteiger charge is -2.29. The largest absolute Gasteiger partial charge is 0.480 e. The first kappa shape index (κ1) is 15.5. The number of carbonyl (C=O) groups excluding carboxylic acids is 1. The van der Waals surface area contributed by atoms with Gasteiger partial charge in [-0.1, -0.05) is 25.7 Å². The molecule has 0 saturated heterocycles. The number of carbonyl (C=O) groups is 2. The Kier molecular flexibility index (Phi) is 4.98. The zero-order chi connectivity index (χ0) is 15.3. The van der Waals surface area contributed by atoms with Crippen LogP contribution in [0.5, 0.6) is 0 Å². The topological polar surface area (TPSA) is 84.2 Å². The molecule has 1 heterocycles. The first-order chi connectivity index (χ1) is 10.0. The molecule has 21 heavy (non-hydrogen) atoms. The van der Waals surface area contributed by atoms with Crippen molar-refractivity contribution in [1.82, 2.24) is 15.1 Å². The molecule has 0 aliphatic heterocycles. The lowest BCUT2D eigenvalue weighted by atomic mass is 9.90. The third-order valence-electron chi connectivity index (χ3n) is 4.28. The normalized spacial score (nSPS) is 18.0. The first-order valence-electron chi connectivity index (χ1n) is 7.55. The number of rotatable bonds is 5. The maximum Gasteiger partial charge on any atom is 0.329 e. The van der Waals surface area contributed by atoms with Crippen LogP contribution < -0.4 is 5.32 Å². The number of hydrogen-bond acceptors (Lipinski definition) is 3. The van der Waals surface area contributed by atoms with Crippen molar-refractivity contribution in [1.29, 1.82) is 0 Å². The molecule has 1 amide bonds. The number of aliphatic carboxylic acids is 1. The van der Waals surface area contributed by atoms with Gasteiger partial charge in [0.2, 0.25) is 5.91 Å².